The van der Waals surface area contributed by atoms with Crippen molar-refractivity contribution in [2.24, 2.45) is 0 Å². The smallest absolute Gasteiger partial charge is 0.159 e. The van der Waals surface area contributed by atoms with Gasteiger partial charge in [-0.05, 0) is 43.7 Å². The second-order valence-electron chi connectivity index (χ2n) is 4.96. The van der Waals surface area contributed by atoms with E-state index in [0.29, 0.717) is 24.5 Å². The van der Waals surface area contributed by atoms with Crippen molar-refractivity contribution in [3.63, 3.8) is 0 Å². The van der Waals surface area contributed by atoms with E-state index in [4.69, 9.17) is 4.74 Å². The molecule has 2 aromatic rings. The molecule has 0 saturated carbocycles. The first-order valence-electron chi connectivity index (χ1n) is 6.91. The quantitative estimate of drug-likeness (QED) is 0.831. The average Bonchev–Trinajstić information content (AvgIpc) is 2.46. The van der Waals surface area contributed by atoms with Crippen molar-refractivity contribution in [1.82, 2.24) is 15.3 Å². The predicted octanol–water partition coefficient (Wildman–Crippen LogP) is 2.64. The number of ether oxygens (including phenoxy) is 1. The zero-order chi connectivity index (χ0) is 15.2. The van der Waals surface area contributed by atoms with Crippen molar-refractivity contribution in [3.05, 3.63) is 47.0 Å². The molecular formula is C16H20FN3O. The van der Waals surface area contributed by atoms with E-state index < -0.39 is 0 Å². The summed E-state index contributed by atoms with van der Waals surface area (Å²) in [6.45, 7) is 5.75. The van der Waals surface area contributed by atoms with Gasteiger partial charge in [0.15, 0.2) is 5.82 Å². The first-order chi connectivity index (χ1) is 10.1. The largest absolute Gasteiger partial charge is 0.383 e. The van der Waals surface area contributed by atoms with Crippen molar-refractivity contribution >= 4 is 0 Å². The van der Waals surface area contributed by atoms with Gasteiger partial charge in [0.2, 0.25) is 0 Å². The Morgan fingerprint density at radius 2 is 2.00 bits per heavy atom. The molecule has 0 radical (unpaired) electrons. The summed E-state index contributed by atoms with van der Waals surface area (Å²) < 4.78 is 18.3. The number of halogens is 1. The fourth-order valence-corrected chi connectivity index (χ4v) is 2.03. The zero-order valence-corrected chi connectivity index (χ0v) is 12.6. The minimum atomic E-state index is -0.215. The molecule has 0 amide bonds. The normalized spacial score (nSPS) is 10.9. The molecule has 0 aliphatic rings. The average molecular weight is 289 g/mol. The molecule has 1 aromatic carbocycles. The number of aryl methyl sites for hydroxylation is 2. The van der Waals surface area contributed by atoms with E-state index in [1.165, 1.54) is 6.07 Å². The lowest BCUT2D eigenvalue weighted by molar-refractivity contribution is 0.199. The molecule has 21 heavy (non-hydrogen) atoms. The summed E-state index contributed by atoms with van der Waals surface area (Å²) in [4.78, 5) is 8.97. The number of hydrogen-bond acceptors (Lipinski definition) is 4. The Labute approximate surface area is 124 Å². The monoisotopic (exact) mass is 289 g/mol. The van der Waals surface area contributed by atoms with Crippen LogP contribution in [0.5, 0.6) is 0 Å². The van der Waals surface area contributed by atoms with Crippen LogP contribution in [0.2, 0.25) is 0 Å². The molecule has 0 aliphatic carbocycles. The Balaban J connectivity index is 2.19. The number of benzene rings is 1. The van der Waals surface area contributed by atoms with Gasteiger partial charge in [0, 0.05) is 31.5 Å². The van der Waals surface area contributed by atoms with Crippen molar-refractivity contribution in [3.8, 4) is 11.4 Å². The Bertz CT molecular complexity index is 616. The lowest BCUT2D eigenvalue weighted by atomic mass is 10.1. The van der Waals surface area contributed by atoms with Crippen LogP contribution in [0, 0.1) is 19.7 Å². The molecule has 0 unspecified atom stereocenters. The Morgan fingerprint density at radius 3 is 2.71 bits per heavy atom. The van der Waals surface area contributed by atoms with Crippen molar-refractivity contribution in [1.29, 1.82) is 0 Å². The molecular weight excluding hydrogens is 269 g/mol. The highest BCUT2D eigenvalue weighted by atomic mass is 19.1. The number of methoxy groups -OCH3 is 1. The number of rotatable bonds is 6. The second kappa shape index (κ2) is 7.24. The zero-order valence-electron chi connectivity index (χ0n) is 12.6. The highest BCUT2D eigenvalue weighted by Crippen LogP contribution is 2.19. The Hall–Kier alpha value is -1.85. The van der Waals surface area contributed by atoms with Gasteiger partial charge in [-0.3, -0.25) is 0 Å². The number of hydrogen-bond donors (Lipinski definition) is 1. The molecule has 0 fully saturated rings. The topological polar surface area (TPSA) is 47.0 Å². The van der Waals surface area contributed by atoms with Gasteiger partial charge in [-0.15, -0.1) is 0 Å². The van der Waals surface area contributed by atoms with Gasteiger partial charge in [-0.25, -0.2) is 14.4 Å². The highest BCUT2D eigenvalue weighted by Gasteiger charge is 2.07. The summed E-state index contributed by atoms with van der Waals surface area (Å²) in [5.41, 5.74) is 3.23. The van der Waals surface area contributed by atoms with Crippen LogP contribution in [0.25, 0.3) is 11.4 Å². The lowest BCUT2D eigenvalue weighted by Crippen LogP contribution is -2.19. The molecule has 1 N–H and O–H groups in total. The van der Waals surface area contributed by atoms with Crippen LogP contribution in [-0.2, 0) is 11.3 Å². The van der Waals surface area contributed by atoms with E-state index in [2.05, 4.69) is 15.3 Å². The lowest BCUT2D eigenvalue weighted by Gasteiger charge is -2.08. The Kier molecular flexibility index (Phi) is 5.36. The van der Waals surface area contributed by atoms with Gasteiger partial charge in [-0.1, -0.05) is 0 Å². The molecule has 112 valence electrons. The van der Waals surface area contributed by atoms with Crippen LogP contribution in [0.1, 0.15) is 17.0 Å². The predicted molar refractivity (Wildman–Crippen MR) is 80.5 cm³/mol. The fraction of sp³-hybridized carbons (Fsp3) is 0.375. The molecule has 5 heteroatoms. The highest BCUT2D eigenvalue weighted by molar-refractivity contribution is 5.56. The standard InChI is InChI=1S/C16H20FN3O/c1-11-8-13(4-5-15(11)17)16-19-12(2)9-14(20-16)10-18-6-7-21-3/h4-5,8-9,18H,6-7,10H2,1-3H3. The summed E-state index contributed by atoms with van der Waals surface area (Å²) in [6, 6.07) is 6.87. The van der Waals surface area contributed by atoms with Gasteiger partial charge in [0.25, 0.3) is 0 Å². The summed E-state index contributed by atoms with van der Waals surface area (Å²) in [6.07, 6.45) is 0. The third-order valence-corrected chi connectivity index (χ3v) is 3.11. The number of nitrogens with zero attached hydrogens (tertiary/aromatic N) is 2. The molecule has 0 saturated heterocycles. The van der Waals surface area contributed by atoms with Crippen molar-refractivity contribution in [2.45, 2.75) is 20.4 Å². The molecule has 1 aromatic heterocycles. The second-order valence-corrected chi connectivity index (χ2v) is 4.96. The van der Waals surface area contributed by atoms with Crippen molar-refractivity contribution < 1.29 is 9.13 Å². The maximum atomic E-state index is 13.3. The number of nitrogens with one attached hydrogen (secondary N) is 1. The van der Waals surface area contributed by atoms with Crippen LogP contribution in [0.15, 0.2) is 24.3 Å². The summed E-state index contributed by atoms with van der Waals surface area (Å²) in [5.74, 6) is 0.412. The molecule has 0 bridgehead atoms. The van der Waals surface area contributed by atoms with E-state index in [0.717, 1.165) is 23.5 Å². The van der Waals surface area contributed by atoms with E-state index in [1.807, 2.05) is 13.0 Å². The minimum absolute atomic E-state index is 0.215. The molecule has 4 nitrogen and oxygen atoms in total. The molecule has 2 rings (SSSR count). The summed E-state index contributed by atoms with van der Waals surface area (Å²) >= 11 is 0. The van der Waals surface area contributed by atoms with Crippen LogP contribution in [-0.4, -0.2) is 30.2 Å². The maximum absolute atomic E-state index is 13.3. The fourth-order valence-electron chi connectivity index (χ4n) is 2.03. The number of aromatic nitrogens is 2. The van der Waals surface area contributed by atoms with Crippen LogP contribution >= 0.6 is 0 Å². The van der Waals surface area contributed by atoms with Gasteiger partial charge in [-0.2, -0.15) is 0 Å². The summed E-state index contributed by atoms with van der Waals surface area (Å²) in [7, 11) is 1.67. The first-order valence-corrected chi connectivity index (χ1v) is 6.91. The van der Waals surface area contributed by atoms with Crippen molar-refractivity contribution in [2.75, 3.05) is 20.3 Å². The van der Waals surface area contributed by atoms with E-state index >= 15 is 0 Å². The maximum Gasteiger partial charge on any atom is 0.159 e. The van der Waals surface area contributed by atoms with Crippen LogP contribution in [0.3, 0.4) is 0 Å². The van der Waals surface area contributed by atoms with Gasteiger partial charge in [0.1, 0.15) is 5.82 Å². The third-order valence-electron chi connectivity index (χ3n) is 3.11. The van der Waals surface area contributed by atoms with E-state index in [9.17, 15) is 4.39 Å². The van der Waals surface area contributed by atoms with Gasteiger partial charge < -0.3 is 10.1 Å². The third kappa shape index (κ3) is 4.31. The first kappa shape index (κ1) is 15.5. The minimum Gasteiger partial charge on any atom is -0.383 e. The molecule has 1 heterocycles. The summed E-state index contributed by atoms with van der Waals surface area (Å²) in [5, 5.41) is 3.25. The van der Waals surface area contributed by atoms with Gasteiger partial charge >= 0.3 is 0 Å². The molecule has 0 spiro atoms. The van der Waals surface area contributed by atoms with Gasteiger partial charge in [0.05, 0.1) is 12.3 Å². The van der Waals surface area contributed by atoms with E-state index in [-0.39, 0.29) is 5.82 Å². The van der Waals surface area contributed by atoms with Crippen LogP contribution in [0.4, 0.5) is 4.39 Å². The Morgan fingerprint density at radius 1 is 1.19 bits per heavy atom. The molecule has 0 aliphatic heterocycles. The molecule has 0 atom stereocenters. The van der Waals surface area contributed by atoms with E-state index in [1.54, 1.807) is 26.2 Å². The van der Waals surface area contributed by atoms with Crippen LogP contribution < -0.4 is 5.32 Å². The SMILES string of the molecule is COCCNCc1cc(C)nc(-c2ccc(F)c(C)c2)n1.